The number of ether oxygens (including phenoxy) is 2. The van der Waals surface area contributed by atoms with E-state index in [0.717, 1.165) is 32.1 Å². The molecule has 0 spiro atoms. The number of carbonyl (C=O) groups excluding carboxylic acids is 2. The highest BCUT2D eigenvalue weighted by atomic mass is 16.7. The van der Waals surface area contributed by atoms with E-state index >= 15 is 0 Å². The molecule has 1 saturated heterocycles. The van der Waals surface area contributed by atoms with Gasteiger partial charge in [-0.15, -0.1) is 0 Å². The van der Waals surface area contributed by atoms with Gasteiger partial charge in [0, 0.05) is 18.3 Å². The minimum atomic E-state index is -0.572. The zero-order valence-electron chi connectivity index (χ0n) is 21.2. The molecule has 182 valence electrons. The minimum Gasteiger partial charge on any atom is -0.435 e. The number of hydrogen-bond acceptors (Lipinski definition) is 4. The van der Waals surface area contributed by atoms with Gasteiger partial charge in [-0.1, -0.05) is 112 Å². The summed E-state index contributed by atoms with van der Waals surface area (Å²) in [4.78, 5) is 25.4. The average Bonchev–Trinajstić information content (AvgIpc) is 2.70. The van der Waals surface area contributed by atoms with Crippen LogP contribution in [0.2, 0.25) is 0 Å². The fourth-order valence-corrected chi connectivity index (χ4v) is 4.25. The first kappa shape index (κ1) is 28.1. The van der Waals surface area contributed by atoms with E-state index in [1.807, 2.05) is 20.8 Å². The van der Waals surface area contributed by atoms with Gasteiger partial charge in [-0.3, -0.25) is 9.59 Å². The molecule has 1 heterocycles. The standard InChI is InChI=1S/C27H50O4/c1-6-8-10-12-13-14-15-16-17-19-22(28)21-24-23(20-18-11-9-7-2)25(29)31-26(30-24)27(3,4)5/h23-24,26H,6-21H2,1-5H3. The quantitative estimate of drug-likeness (QED) is 0.172. The molecule has 3 atom stereocenters. The third-order valence-corrected chi connectivity index (χ3v) is 6.34. The third kappa shape index (κ3) is 12.1. The van der Waals surface area contributed by atoms with Crippen LogP contribution < -0.4 is 0 Å². The maximum Gasteiger partial charge on any atom is 0.313 e. The van der Waals surface area contributed by atoms with Crippen molar-refractivity contribution in [3.63, 3.8) is 0 Å². The highest BCUT2D eigenvalue weighted by Crippen LogP contribution is 2.35. The largest absolute Gasteiger partial charge is 0.435 e. The molecule has 3 unspecified atom stereocenters. The highest BCUT2D eigenvalue weighted by molar-refractivity contribution is 5.81. The Hall–Kier alpha value is -0.900. The number of ketones is 1. The first-order valence-corrected chi connectivity index (χ1v) is 13.2. The molecule has 31 heavy (non-hydrogen) atoms. The first-order valence-electron chi connectivity index (χ1n) is 13.2. The molecule has 4 nitrogen and oxygen atoms in total. The van der Waals surface area contributed by atoms with Crippen LogP contribution in [0.25, 0.3) is 0 Å². The lowest BCUT2D eigenvalue weighted by atomic mass is 9.88. The second-order valence-corrected chi connectivity index (χ2v) is 10.6. The fourth-order valence-electron chi connectivity index (χ4n) is 4.25. The molecule has 0 aromatic rings. The smallest absolute Gasteiger partial charge is 0.313 e. The Kier molecular flexibility index (Phi) is 14.4. The Morgan fingerprint density at radius 1 is 0.806 bits per heavy atom. The van der Waals surface area contributed by atoms with Gasteiger partial charge in [0.05, 0.1) is 12.0 Å². The van der Waals surface area contributed by atoms with E-state index in [1.165, 1.54) is 57.8 Å². The van der Waals surface area contributed by atoms with Gasteiger partial charge in [0.25, 0.3) is 0 Å². The van der Waals surface area contributed by atoms with E-state index in [2.05, 4.69) is 13.8 Å². The van der Waals surface area contributed by atoms with Gasteiger partial charge in [-0.2, -0.15) is 0 Å². The van der Waals surface area contributed by atoms with E-state index in [4.69, 9.17) is 9.47 Å². The molecule has 0 aromatic heterocycles. The van der Waals surface area contributed by atoms with Gasteiger partial charge in [0.1, 0.15) is 5.78 Å². The summed E-state index contributed by atoms with van der Waals surface area (Å²) >= 11 is 0. The molecular formula is C27H50O4. The summed E-state index contributed by atoms with van der Waals surface area (Å²) in [7, 11) is 0. The molecule has 1 rings (SSSR count). The summed E-state index contributed by atoms with van der Waals surface area (Å²) in [5, 5.41) is 0. The number of Topliss-reactive ketones (excluding diaryl/α,β-unsaturated/α-hetero) is 1. The lowest BCUT2D eigenvalue weighted by Gasteiger charge is -2.40. The van der Waals surface area contributed by atoms with Gasteiger partial charge in [-0.05, 0) is 12.8 Å². The molecule has 0 N–H and O–H groups in total. The van der Waals surface area contributed by atoms with E-state index < -0.39 is 6.29 Å². The van der Waals surface area contributed by atoms with Crippen LogP contribution in [0.15, 0.2) is 0 Å². The van der Waals surface area contributed by atoms with E-state index in [-0.39, 0.29) is 29.2 Å². The third-order valence-electron chi connectivity index (χ3n) is 6.34. The molecule has 0 aromatic carbocycles. The summed E-state index contributed by atoms with van der Waals surface area (Å²) < 4.78 is 11.8. The molecule has 0 bridgehead atoms. The van der Waals surface area contributed by atoms with Gasteiger partial charge >= 0.3 is 5.97 Å². The summed E-state index contributed by atoms with van der Waals surface area (Å²) in [6, 6.07) is 0. The number of esters is 1. The Balaban J connectivity index is 2.43. The average molecular weight is 439 g/mol. The molecule has 0 radical (unpaired) electrons. The Labute approximate surface area is 192 Å². The second-order valence-electron chi connectivity index (χ2n) is 10.6. The predicted molar refractivity (Wildman–Crippen MR) is 128 cm³/mol. The monoisotopic (exact) mass is 438 g/mol. The van der Waals surface area contributed by atoms with Gasteiger partial charge < -0.3 is 9.47 Å². The molecule has 4 heteroatoms. The summed E-state index contributed by atoms with van der Waals surface area (Å²) in [5.41, 5.74) is -0.290. The number of hydrogen-bond donors (Lipinski definition) is 0. The van der Waals surface area contributed by atoms with Crippen LogP contribution in [0.5, 0.6) is 0 Å². The highest BCUT2D eigenvalue weighted by Gasteiger charge is 2.43. The lowest BCUT2D eigenvalue weighted by molar-refractivity contribution is -0.257. The Bertz CT molecular complexity index is 494. The maximum absolute atomic E-state index is 12.7. The van der Waals surface area contributed by atoms with E-state index in [1.54, 1.807) is 0 Å². The number of cyclic esters (lactones) is 1. The van der Waals surface area contributed by atoms with Crippen LogP contribution in [-0.4, -0.2) is 24.1 Å². The van der Waals surface area contributed by atoms with Gasteiger partial charge in [0.2, 0.25) is 6.29 Å². The number of unbranched alkanes of at least 4 members (excludes halogenated alkanes) is 11. The zero-order chi connectivity index (χ0) is 23.1. The molecule has 1 fully saturated rings. The van der Waals surface area contributed by atoms with Gasteiger partial charge in [0.15, 0.2) is 0 Å². The lowest BCUT2D eigenvalue weighted by Crippen LogP contribution is -2.49. The molecule has 0 saturated carbocycles. The van der Waals surface area contributed by atoms with Crippen molar-refractivity contribution in [2.75, 3.05) is 0 Å². The van der Waals surface area contributed by atoms with Crippen molar-refractivity contribution in [2.24, 2.45) is 11.3 Å². The topological polar surface area (TPSA) is 52.6 Å². The van der Waals surface area contributed by atoms with Gasteiger partial charge in [-0.25, -0.2) is 0 Å². The predicted octanol–water partition coefficient (Wildman–Crippen LogP) is 7.77. The molecule has 0 amide bonds. The van der Waals surface area contributed by atoms with Crippen molar-refractivity contribution in [1.29, 1.82) is 0 Å². The normalized spacial score (nSPS) is 21.8. The molecular weight excluding hydrogens is 388 g/mol. The zero-order valence-corrected chi connectivity index (χ0v) is 21.2. The van der Waals surface area contributed by atoms with E-state index in [0.29, 0.717) is 12.8 Å². The van der Waals surface area contributed by atoms with Crippen molar-refractivity contribution < 1.29 is 19.1 Å². The maximum atomic E-state index is 12.7. The van der Waals surface area contributed by atoms with Crippen LogP contribution >= 0.6 is 0 Å². The Morgan fingerprint density at radius 2 is 1.32 bits per heavy atom. The van der Waals surface area contributed by atoms with Crippen LogP contribution in [0, 0.1) is 11.3 Å². The summed E-state index contributed by atoms with van der Waals surface area (Å²) in [6.45, 7) is 10.4. The van der Waals surface area contributed by atoms with Crippen molar-refractivity contribution in [3.8, 4) is 0 Å². The summed E-state index contributed by atoms with van der Waals surface area (Å²) in [5.74, 6) is -0.250. The summed E-state index contributed by atoms with van der Waals surface area (Å²) in [6.07, 6.45) is 16.5. The SMILES string of the molecule is CCCCCCCCCCCC(=O)CC1OC(C(C)(C)C)OC(=O)C1CCCCCC. The van der Waals surface area contributed by atoms with E-state index in [9.17, 15) is 9.59 Å². The minimum absolute atomic E-state index is 0.177. The van der Waals surface area contributed by atoms with Crippen molar-refractivity contribution in [3.05, 3.63) is 0 Å². The first-order chi connectivity index (χ1) is 14.8. The van der Waals surface area contributed by atoms with Crippen molar-refractivity contribution >= 4 is 11.8 Å². The van der Waals surface area contributed by atoms with Crippen LogP contribution in [0.3, 0.4) is 0 Å². The molecule has 1 aliphatic rings. The van der Waals surface area contributed by atoms with Crippen LogP contribution in [-0.2, 0) is 19.1 Å². The van der Waals surface area contributed by atoms with Crippen molar-refractivity contribution in [1.82, 2.24) is 0 Å². The van der Waals surface area contributed by atoms with Crippen molar-refractivity contribution in [2.45, 2.75) is 150 Å². The Morgan fingerprint density at radius 3 is 1.87 bits per heavy atom. The second kappa shape index (κ2) is 15.8. The molecule has 1 aliphatic heterocycles. The molecule has 0 aliphatic carbocycles. The van der Waals surface area contributed by atoms with Crippen LogP contribution in [0.1, 0.15) is 137 Å². The number of carbonyl (C=O) groups is 2. The fraction of sp³-hybridized carbons (Fsp3) is 0.926. The van der Waals surface area contributed by atoms with Crippen LogP contribution in [0.4, 0.5) is 0 Å². The number of rotatable bonds is 17.